The number of nitrogens with zero attached hydrogens (tertiary/aromatic N) is 2. The monoisotopic (exact) mass is 560 g/mol. The maximum atomic E-state index is 13.3. The van der Waals surface area contributed by atoms with E-state index in [1.54, 1.807) is 31.2 Å². The Labute approximate surface area is 247 Å². The summed E-state index contributed by atoms with van der Waals surface area (Å²) in [7, 11) is 0. The summed E-state index contributed by atoms with van der Waals surface area (Å²) < 4.78 is 6.02. The van der Waals surface area contributed by atoms with E-state index < -0.39 is 18.0 Å². The number of rotatable bonds is 11. The van der Waals surface area contributed by atoms with Crippen LogP contribution in [0.5, 0.6) is 5.75 Å². The molecule has 42 heavy (non-hydrogen) atoms. The molecule has 0 aliphatic carbocycles. The lowest BCUT2D eigenvalue weighted by Gasteiger charge is -2.19. The number of carbonyl (C=O) groups excluding carboxylic acids is 3. The summed E-state index contributed by atoms with van der Waals surface area (Å²) in [5.74, 6) is 0.415. The van der Waals surface area contributed by atoms with Crippen molar-refractivity contribution in [1.29, 1.82) is 0 Å². The van der Waals surface area contributed by atoms with Crippen LogP contribution in [0.25, 0.3) is 0 Å². The van der Waals surface area contributed by atoms with Crippen LogP contribution < -0.4 is 9.64 Å². The van der Waals surface area contributed by atoms with Gasteiger partial charge in [0.1, 0.15) is 18.4 Å². The van der Waals surface area contributed by atoms with Gasteiger partial charge in [0.2, 0.25) is 5.91 Å². The van der Waals surface area contributed by atoms with Crippen LogP contribution in [-0.2, 0) is 29.0 Å². The van der Waals surface area contributed by atoms with Crippen molar-refractivity contribution in [2.75, 3.05) is 4.90 Å². The summed E-state index contributed by atoms with van der Waals surface area (Å²) >= 11 is 0. The highest BCUT2D eigenvalue weighted by molar-refractivity contribution is 6.25. The number of imide groups is 2. The van der Waals surface area contributed by atoms with E-state index in [9.17, 15) is 14.4 Å². The number of hydrogen-bond donors (Lipinski definition) is 0. The van der Waals surface area contributed by atoms with Gasteiger partial charge in [0.25, 0.3) is 5.91 Å². The molecular weight excluding hydrogens is 524 g/mol. The van der Waals surface area contributed by atoms with Crippen LogP contribution in [0.3, 0.4) is 0 Å². The predicted octanol–water partition coefficient (Wildman–Crippen LogP) is 7.32. The molecule has 0 aromatic heterocycles. The molecule has 0 saturated carbocycles. The number of benzene rings is 4. The first-order chi connectivity index (χ1) is 20.4. The SMILES string of the molecule is CCC(=O)N1C(=O)N(c2ccccc2)C(=O)[C@@H]1Cc1ccc(OCc2ccc(C(C)CCc3ccccc3)cc2)cc1. The second-order valence-electron chi connectivity index (χ2n) is 10.7. The number of urea groups is 1. The van der Waals surface area contributed by atoms with E-state index in [1.165, 1.54) is 11.1 Å². The van der Waals surface area contributed by atoms with Crippen molar-refractivity contribution in [3.05, 3.63) is 131 Å². The van der Waals surface area contributed by atoms with Gasteiger partial charge in [0.15, 0.2) is 0 Å². The highest BCUT2D eigenvalue weighted by Gasteiger charge is 2.48. The molecule has 0 radical (unpaired) electrons. The molecule has 0 bridgehead atoms. The average molecular weight is 561 g/mol. The summed E-state index contributed by atoms with van der Waals surface area (Å²) in [5.41, 5.74) is 5.07. The van der Waals surface area contributed by atoms with Gasteiger partial charge in [0.05, 0.1) is 5.69 Å². The van der Waals surface area contributed by atoms with Gasteiger partial charge < -0.3 is 4.74 Å². The molecule has 1 aliphatic heterocycles. The molecule has 5 rings (SSSR count). The number of anilines is 1. The average Bonchev–Trinajstić information content (AvgIpc) is 3.28. The van der Waals surface area contributed by atoms with E-state index in [1.807, 2.05) is 36.4 Å². The maximum absolute atomic E-state index is 13.3. The van der Waals surface area contributed by atoms with Crippen molar-refractivity contribution in [3.8, 4) is 5.75 Å². The Hall–Kier alpha value is -4.71. The van der Waals surface area contributed by atoms with E-state index in [0.717, 1.165) is 33.8 Å². The molecule has 214 valence electrons. The normalized spacial score (nSPS) is 15.6. The number of hydrogen-bond acceptors (Lipinski definition) is 4. The third-order valence-electron chi connectivity index (χ3n) is 7.82. The Balaban J connectivity index is 1.17. The molecular formula is C36H36N2O4. The van der Waals surface area contributed by atoms with Gasteiger partial charge in [-0.1, -0.05) is 98.8 Å². The fourth-order valence-electron chi connectivity index (χ4n) is 5.29. The van der Waals surface area contributed by atoms with Crippen LogP contribution in [-0.4, -0.2) is 28.8 Å². The van der Waals surface area contributed by atoms with E-state index >= 15 is 0 Å². The van der Waals surface area contributed by atoms with E-state index in [4.69, 9.17) is 4.74 Å². The molecule has 1 fully saturated rings. The first-order valence-electron chi connectivity index (χ1n) is 14.5. The van der Waals surface area contributed by atoms with Crippen LogP contribution in [0.4, 0.5) is 10.5 Å². The Morgan fingerprint density at radius 2 is 1.40 bits per heavy atom. The third-order valence-corrected chi connectivity index (χ3v) is 7.82. The van der Waals surface area contributed by atoms with Gasteiger partial charge in [0, 0.05) is 12.8 Å². The number of carbonyl (C=O) groups is 3. The van der Waals surface area contributed by atoms with Crippen molar-refractivity contribution < 1.29 is 19.1 Å². The highest BCUT2D eigenvalue weighted by Crippen LogP contribution is 2.28. The van der Waals surface area contributed by atoms with Crippen LogP contribution in [0.1, 0.15) is 54.9 Å². The van der Waals surface area contributed by atoms with Gasteiger partial charge in [-0.05, 0) is 65.3 Å². The Morgan fingerprint density at radius 1 is 0.786 bits per heavy atom. The minimum absolute atomic E-state index is 0.137. The van der Waals surface area contributed by atoms with E-state index in [0.29, 0.717) is 24.0 Å². The van der Waals surface area contributed by atoms with Crippen molar-refractivity contribution in [3.63, 3.8) is 0 Å². The zero-order chi connectivity index (χ0) is 29.5. The molecule has 0 spiro atoms. The molecule has 4 amide bonds. The smallest absolute Gasteiger partial charge is 0.338 e. The third kappa shape index (κ3) is 6.60. The van der Waals surface area contributed by atoms with Gasteiger partial charge in [-0.25, -0.2) is 9.69 Å². The molecule has 0 N–H and O–H groups in total. The Bertz CT molecular complexity index is 1500. The number of ether oxygens (including phenoxy) is 1. The molecule has 6 heteroatoms. The zero-order valence-electron chi connectivity index (χ0n) is 24.1. The fraction of sp³-hybridized carbons (Fsp3) is 0.250. The first-order valence-corrected chi connectivity index (χ1v) is 14.5. The lowest BCUT2D eigenvalue weighted by Crippen LogP contribution is -2.41. The zero-order valence-corrected chi connectivity index (χ0v) is 24.1. The van der Waals surface area contributed by atoms with Crippen molar-refractivity contribution >= 4 is 23.5 Å². The predicted molar refractivity (Wildman–Crippen MR) is 164 cm³/mol. The lowest BCUT2D eigenvalue weighted by atomic mass is 9.93. The summed E-state index contributed by atoms with van der Waals surface area (Å²) in [5, 5.41) is 0. The molecule has 1 saturated heterocycles. The van der Waals surface area contributed by atoms with Gasteiger partial charge >= 0.3 is 6.03 Å². The second-order valence-corrected chi connectivity index (χ2v) is 10.7. The molecule has 4 aromatic rings. The van der Waals surface area contributed by atoms with Crippen LogP contribution >= 0.6 is 0 Å². The maximum Gasteiger partial charge on any atom is 0.338 e. The number of amides is 4. The first kappa shape index (κ1) is 28.8. The topological polar surface area (TPSA) is 66.9 Å². The lowest BCUT2D eigenvalue weighted by molar-refractivity contribution is -0.132. The fourth-order valence-corrected chi connectivity index (χ4v) is 5.29. The molecule has 6 nitrogen and oxygen atoms in total. The highest BCUT2D eigenvalue weighted by atomic mass is 16.5. The molecule has 1 unspecified atom stereocenters. The van der Waals surface area contributed by atoms with Crippen molar-refractivity contribution in [1.82, 2.24) is 4.90 Å². The molecule has 1 aliphatic rings. The van der Waals surface area contributed by atoms with Gasteiger partial charge in [-0.2, -0.15) is 0 Å². The number of aryl methyl sites for hydroxylation is 1. The summed E-state index contributed by atoms with van der Waals surface area (Å²) in [6.07, 6.45) is 2.54. The van der Waals surface area contributed by atoms with Crippen molar-refractivity contribution in [2.45, 2.75) is 58.1 Å². The molecule has 1 heterocycles. The molecule has 2 atom stereocenters. The minimum Gasteiger partial charge on any atom is -0.489 e. The molecule has 4 aromatic carbocycles. The van der Waals surface area contributed by atoms with Crippen molar-refractivity contribution in [2.24, 2.45) is 0 Å². The Kier molecular flexibility index (Phi) is 9.12. The van der Waals surface area contributed by atoms with Gasteiger partial charge in [-0.3, -0.25) is 14.5 Å². The summed E-state index contributed by atoms with van der Waals surface area (Å²) in [6.45, 7) is 4.40. The van der Waals surface area contributed by atoms with Crippen LogP contribution in [0, 0.1) is 0 Å². The quantitative estimate of drug-likeness (QED) is 0.180. The van der Waals surface area contributed by atoms with Crippen LogP contribution in [0.2, 0.25) is 0 Å². The van der Waals surface area contributed by atoms with Crippen LogP contribution in [0.15, 0.2) is 109 Å². The van der Waals surface area contributed by atoms with E-state index in [-0.39, 0.29) is 18.7 Å². The largest absolute Gasteiger partial charge is 0.489 e. The number of para-hydroxylation sites is 1. The second kappa shape index (κ2) is 13.3. The standard InChI is InChI=1S/C36H36N2O4/c1-3-34(39)38-33(35(40)37(36(38)41)31-12-8-5-9-13-31)24-28-18-22-32(23-19-28)42-25-29-16-20-30(21-17-29)26(2)14-15-27-10-6-4-7-11-27/h4-13,16-23,26,33H,3,14-15,24-25H2,1-2H3/t26?,33-/m0/s1. The summed E-state index contributed by atoms with van der Waals surface area (Å²) in [4.78, 5) is 41.3. The Morgan fingerprint density at radius 3 is 2.05 bits per heavy atom. The van der Waals surface area contributed by atoms with E-state index in [2.05, 4.69) is 55.5 Å². The summed E-state index contributed by atoms with van der Waals surface area (Å²) in [6, 6.07) is 33.9. The minimum atomic E-state index is -0.884. The van der Waals surface area contributed by atoms with Gasteiger partial charge in [-0.15, -0.1) is 0 Å².